The Balaban J connectivity index is 1.67. The number of halogens is 1. The highest BCUT2D eigenvalue weighted by Crippen LogP contribution is 2.17. The summed E-state index contributed by atoms with van der Waals surface area (Å²) >= 11 is 1.62. The molecule has 0 N–H and O–H groups in total. The topological polar surface area (TPSA) is 33.5 Å². The van der Waals surface area contributed by atoms with Crippen molar-refractivity contribution in [2.45, 2.75) is 25.9 Å². The summed E-state index contributed by atoms with van der Waals surface area (Å²) in [6.07, 6.45) is 3.93. The third kappa shape index (κ3) is 4.32. The van der Waals surface area contributed by atoms with Gasteiger partial charge in [0.25, 0.3) is 0 Å². The Morgan fingerprint density at radius 2 is 2.00 bits per heavy atom. The molecule has 0 spiro atoms. The molecule has 5 heteroatoms. The monoisotopic (exact) mass is 343 g/mol. The highest BCUT2D eigenvalue weighted by molar-refractivity contribution is 7.09. The van der Waals surface area contributed by atoms with Gasteiger partial charge in [-0.2, -0.15) is 0 Å². The number of thiophene rings is 1. The molecule has 3 aromatic rings. The molecule has 0 unspecified atom stereocenters. The molecular weight excluding hydrogens is 325 g/mol. The van der Waals surface area contributed by atoms with Gasteiger partial charge in [-0.3, -0.25) is 4.79 Å². The predicted octanol–water partition coefficient (Wildman–Crippen LogP) is 4.64. The van der Waals surface area contributed by atoms with Crippen LogP contribution in [0.4, 0.5) is 4.39 Å². The van der Waals surface area contributed by atoms with Crippen LogP contribution in [0.15, 0.2) is 64.8 Å². The normalized spacial score (nSPS) is 10.7. The molecule has 124 valence electrons. The van der Waals surface area contributed by atoms with Crippen molar-refractivity contribution < 1.29 is 13.6 Å². The summed E-state index contributed by atoms with van der Waals surface area (Å²) in [5.74, 6) is -0.252. The van der Waals surface area contributed by atoms with Gasteiger partial charge in [-0.05, 0) is 35.6 Å². The number of hydrogen-bond donors (Lipinski definition) is 0. The molecule has 0 aliphatic heterocycles. The Kier molecular flexibility index (Phi) is 5.43. The zero-order valence-electron chi connectivity index (χ0n) is 13.2. The van der Waals surface area contributed by atoms with E-state index in [4.69, 9.17) is 4.42 Å². The van der Waals surface area contributed by atoms with Crippen molar-refractivity contribution >= 4 is 17.2 Å². The molecule has 1 aromatic carbocycles. The molecule has 0 atom stereocenters. The number of aryl methyl sites for hydroxylation is 1. The average molecular weight is 343 g/mol. The number of benzene rings is 1. The average Bonchev–Trinajstić information content (AvgIpc) is 3.27. The zero-order valence-corrected chi connectivity index (χ0v) is 14.0. The highest BCUT2D eigenvalue weighted by atomic mass is 32.1. The predicted molar refractivity (Wildman–Crippen MR) is 92.0 cm³/mol. The van der Waals surface area contributed by atoms with Gasteiger partial charge in [0.05, 0.1) is 19.1 Å². The number of nitrogens with zero attached hydrogens (tertiary/aromatic N) is 1. The second-order valence-electron chi connectivity index (χ2n) is 5.55. The maximum atomic E-state index is 13.7. The standard InChI is InChI=1S/C19H18FNO2S/c20-18-6-2-1-4-16(18)7-8-19(22)21(12-15-9-10-23-14-15)13-17-5-3-11-24-17/h1-6,9-11,14H,7-8,12-13H2. The Labute approximate surface area is 144 Å². The molecule has 24 heavy (non-hydrogen) atoms. The molecule has 2 heterocycles. The van der Waals surface area contributed by atoms with E-state index in [1.54, 1.807) is 47.0 Å². The molecule has 0 fully saturated rings. The van der Waals surface area contributed by atoms with E-state index in [-0.39, 0.29) is 18.1 Å². The van der Waals surface area contributed by atoms with E-state index in [0.717, 1.165) is 10.4 Å². The van der Waals surface area contributed by atoms with Crippen LogP contribution in [0, 0.1) is 5.82 Å². The zero-order chi connectivity index (χ0) is 16.8. The maximum absolute atomic E-state index is 13.7. The van der Waals surface area contributed by atoms with Crippen LogP contribution in [-0.2, 0) is 24.3 Å². The first-order valence-corrected chi connectivity index (χ1v) is 8.65. The van der Waals surface area contributed by atoms with E-state index >= 15 is 0 Å². The lowest BCUT2D eigenvalue weighted by Gasteiger charge is -2.21. The number of rotatable bonds is 7. The summed E-state index contributed by atoms with van der Waals surface area (Å²) in [5.41, 5.74) is 1.52. The molecule has 3 nitrogen and oxygen atoms in total. The molecule has 3 rings (SSSR count). The van der Waals surface area contributed by atoms with E-state index in [0.29, 0.717) is 25.1 Å². The number of carbonyl (C=O) groups is 1. The SMILES string of the molecule is O=C(CCc1ccccc1F)N(Cc1ccoc1)Cc1cccs1. The van der Waals surface area contributed by atoms with Crippen LogP contribution in [0.2, 0.25) is 0 Å². The fourth-order valence-electron chi connectivity index (χ4n) is 2.53. The fraction of sp³-hybridized carbons (Fsp3) is 0.211. The van der Waals surface area contributed by atoms with Gasteiger partial charge < -0.3 is 9.32 Å². The molecule has 0 saturated heterocycles. The minimum atomic E-state index is -0.259. The molecule has 0 aliphatic rings. The summed E-state index contributed by atoms with van der Waals surface area (Å²) in [6.45, 7) is 1.05. The van der Waals surface area contributed by atoms with Gasteiger partial charge in [0.2, 0.25) is 5.91 Å². The minimum absolute atomic E-state index is 0.00727. The summed E-state index contributed by atoms with van der Waals surface area (Å²) in [5, 5.41) is 2.00. The fourth-order valence-corrected chi connectivity index (χ4v) is 3.25. The van der Waals surface area contributed by atoms with Crippen molar-refractivity contribution in [3.63, 3.8) is 0 Å². The van der Waals surface area contributed by atoms with Crippen LogP contribution in [0.5, 0.6) is 0 Å². The second kappa shape index (κ2) is 7.93. The van der Waals surface area contributed by atoms with Crippen LogP contribution in [0.3, 0.4) is 0 Å². The lowest BCUT2D eigenvalue weighted by molar-refractivity contribution is -0.132. The molecule has 2 aromatic heterocycles. The van der Waals surface area contributed by atoms with Gasteiger partial charge in [-0.25, -0.2) is 4.39 Å². The van der Waals surface area contributed by atoms with E-state index in [9.17, 15) is 9.18 Å². The molecular formula is C19H18FNO2S. The molecule has 0 aliphatic carbocycles. The van der Waals surface area contributed by atoms with Gasteiger partial charge in [0, 0.05) is 23.4 Å². The van der Waals surface area contributed by atoms with Gasteiger partial charge in [-0.1, -0.05) is 24.3 Å². The van der Waals surface area contributed by atoms with Gasteiger partial charge in [-0.15, -0.1) is 11.3 Å². The van der Waals surface area contributed by atoms with Crippen molar-refractivity contribution in [1.29, 1.82) is 0 Å². The number of amides is 1. The van der Waals surface area contributed by atoms with E-state index in [1.165, 1.54) is 6.07 Å². The first-order valence-electron chi connectivity index (χ1n) is 7.77. The highest BCUT2D eigenvalue weighted by Gasteiger charge is 2.16. The van der Waals surface area contributed by atoms with Crippen LogP contribution in [-0.4, -0.2) is 10.8 Å². The lowest BCUT2D eigenvalue weighted by Crippen LogP contribution is -2.29. The van der Waals surface area contributed by atoms with Gasteiger partial charge in [0.15, 0.2) is 0 Å². The van der Waals surface area contributed by atoms with Crippen molar-refractivity contribution in [2.24, 2.45) is 0 Å². The Hall–Kier alpha value is -2.40. The van der Waals surface area contributed by atoms with Crippen molar-refractivity contribution in [3.8, 4) is 0 Å². The van der Waals surface area contributed by atoms with Crippen molar-refractivity contribution in [3.05, 3.63) is 82.2 Å². The maximum Gasteiger partial charge on any atom is 0.223 e. The Bertz CT molecular complexity index is 732. The van der Waals surface area contributed by atoms with E-state index < -0.39 is 0 Å². The molecule has 0 bridgehead atoms. The summed E-state index contributed by atoms with van der Waals surface area (Å²) < 4.78 is 18.8. The third-order valence-corrected chi connectivity index (χ3v) is 4.66. The number of hydrogen-bond acceptors (Lipinski definition) is 3. The third-order valence-electron chi connectivity index (χ3n) is 3.80. The second-order valence-corrected chi connectivity index (χ2v) is 6.58. The molecule has 0 radical (unpaired) electrons. The first kappa shape index (κ1) is 16.5. The smallest absolute Gasteiger partial charge is 0.223 e. The van der Waals surface area contributed by atoms with E-state index in [1.807, 2.05) is 23.6 Å². The molecule has 1 amide bonds. The van der Waals surface area contributed by atoms with E-state index in [2.05, 4.69) is 0 Å². The van der Waals surface area contributed by atoms with Crippen LogP contribution < -0.4 is 0 Å². The van der Waals surface area contributed by atoms with Crippen LogP contribution in [0.25, 0.3) is 0 Å². The number of furan rings is 1. The van der Waals surface area contributed by atoms with Gasteiger partial charge >= 0.3 is 0 Å². The Morgan fingerprint density at radius 1 is 1.12 bits per heavy atom. The molecule has 0 saturated carbocycles. The lowest BCUT2D eigenvalue weighted by atomic mass is 10.1. The number of carbonyl (C=O) groups excluding carboxylic acids is 1. The van der Waals surface area contributed by atoms with Crippen LogP contribution in [0.1, 0.15) is 22.4 Å². The van der Waals surface area contributed by atoms with Crippen LogP contribution >= 0.6 is 11.3 Å². The Morgan fingerprint density at radius 3 is 2.71 bits per heavy atom. The first-order chi connectivity index (χ1) is 11.7. The summed E-state index contributed by atoms with van der Waals surface area (Å²) in [4.78, 5) is 15.6. The van der Waals surface area contributed by atoms with Crippen molar-refractivity contribution in [2.75, 3.05) is 0 Å². The quantitative estimate of drug-likeness (QED) is 0.626. The summed E-state index contributed by atoms with van der Waals surface area (Å²) in [7, 11) is 0. The van der Waals surface area contributed by atoms with Crippen molar-refractivity contribution in [1.82, 2.24) is 4.90 Å². The minimum Gasteiger partial charge on any atom is -0.472 e. The van der Waals surface area contributed by atoms with Gasteiger partial charge in [0.1, 0.15) is 5.82 Å². The largest absolute Gasteiger partial charge is 0.472 e. The summed E-state index contributed by atoms with van der Waals surface area (Å²) in [6, 6.07) is 12.4.